The minimum Gasteiger partial charge on any atom is -0.495 e. The van der Waals surface area contributed by atoms with Crippen LogP contribution in [-0.2, 0) is 9.63 Å². The van der Waals surface area contributed by atoms with E-state index in [1.165, 1.54) is 27.5 Å². The normalized spacial score (nSPS) is 10.6. The molecular formula is C18H18Cl2N2O5. The molecule has 0 saturated heterocycles. The number of amides is 1. The molecule has 0 aromatic heterocycles. The first kappa shape index (κ1) is 20.7. The molecule has 0 aliphatic carbocycles. The van der Waals surface area contributed by atoms with E-state index in [9.17, 15) is 4.79 Å². The minimum absolute atomic E-state index is 0.277. The molecular weight excluding hydrogens is 395 g/mol. The zero-order chi connectivity index (χ0) is 19.8. The lowest BCUT2D eigenvalue weighted by Gasteiger charge is -2.10. The van der Waals surface area contributed by atoms with E-state index in [0.29, 0.717) is 38.5 Å². The highest BCUT2D eigenvalue weighted by atomic mass is 35.5. The Balaban J connectivity index is 1.91. The van der Waals surface area contributed by atoms with Crippen molar-refractivity contribution in [3.63, 3.8) is 0 Å². The lowest BCUT2D eigenvalue weighted by Crippen LogP contribution is -2.16. The van der Waals surface area contributed by atoms with Crippen LogP contribution in [0.25, 0.3) is 0 Å². The van der Waals surface area contributed by atoms with E-state index in [1.54, 1.807) is 30.3 Å². The Morgan fingerprint density at radius 1 is 1.04 bits per heavy atom. The van der Waals surface area contributed by atoms with Crippen molar-refractivity contribution >= 4 is 41.0 Å². The summed E-state index contributed by atoms with van der Waals surface area (Å²) in [5, 5.41) is 7.15. The number of ether oxygens (including phenoxy) is 3. The van der Waals surface area contributed by atoms with Crippen LogP contribution in [0.4, 0.5) is 5.69 Å². The van der Waals surface area contributed by atoms with E-state index in [1.807, 2.05) is 0 Å². The number of rotatable bonds is 8. The molecule has 0 spiro atoms. The van der Waals surface area contributed by atoms with Gasteiger partial charge in [-0.05, 0) is 30.3 Å². The fourth-order valence-corrected chi connectivity index (χ4v) is 2.70. The first-order valence-electron chi connectivity index (χ1n) is 7.68. The molecule has 0 radical (unpaired) electrons. The van der Waals surface area contributed by atoms with Gasteiger partial charge in [0.25, 0.3) is 5.91 Å². The molecule has 0 fully saturated rings. The lowest BCUT2D eigenvalue weighted by molar-refractivity contribution is -0.120. The number of carbonyl (C=O) groups excluding carboxylic acids is 1. The van der Waals surface area contributed by atoms with Gasteiger partial charge in [0.1, 0.15) is 5.75 Å². The number of hydrogen-bond donors (Lipinski definition) is 1. The first-order valence-corrected chi connectivity index (χ1v) is 8.44. The fraction of sp³-hybridized carbons (Fsp3) is 0.222. The van der Waals surface area contributed by atoms with Crippen LogP contribution in [-0.4, -0.2) is 40.1 Å². The maximum absolute atomic E-state index is 11.9. The number of benzene rings is 2. The van der Waals surface area contributed by atoms with Crippen LogP contribution in [0.5, 0.6) is 17.2 Å². The topological polar surface area (TPSA) is 78.4 Å². The molecule has 2 rings (SSSR count). The maximum Gasteiger partial charge on any atom is 0.265 e. The number of methoxy groups -OCH3 is 3. The molecule has 9 heteroatoms. The third-order valence-electron chi connectivity index (χ3n) is 3.36. The van der Waals surface area contributed by atoms with E-state index >= 15 is 0 Å². The Kier molecular flexibility index (Phi) is 7.57. The second-order valence-corrected chi connectivity index (χ2v) is 5.96. The molecule has 1 N–H and O–H groups in total. The minimum atomic E-state index is -0.390. The van der Waals surface area contributed by atoms with Gasteiger partial charge in [-0.25, -0.2) is 0 Å². The summed E-state index contributed by atoms with van der Waals surface area (Å²) in [6, 6.07) is 8.20. The van der Waals surface area contributed by atoms with E-state index in [-0.39, 0.29) is 6.61 Å². The molecule has 0 aliphatic heterocycles. The molecule has 2 aromatic rings. The number of hydrogen-bond acceptors (Lipinski definition) is 6. The largest absolute Gasteiger partial charge is 0.495 e. The van der Waals surface area contributed by atoms with Gasteiger partial charge in [-0.15, -0.1) is 0 Å². The van der Waals surface area contributed by atoms with Crippen LogP contribution in [0.3, 0.4) is 0 Å². The van der Waals surface area contributed by atoms with Crippen LogP contribution in [0, 0.1) is 0 Å². The molecule has 0 saturated carbocycles. The highest BCUT2D eigenvalue weighted by Gasteiger charge is 2.10. The zero-order valence-corrected chi connectivity index (χ0v) is 16.4. The molecule has 0 aliphatic rings. The van der Waals surface area contributed by atoms with Crippen LogP contribution < -0.4 is 19.5 Å². The standard InChI is InChI=1S/C18H18Cl2N2O5/c1-24-15-5-4-12(8-13(15)19)22-17(23)10-27-21-9-11-6-14(20)18(26-3)16(7-11)25-2/h4-9H,10H2,1-3H3,(H,22,23)/b21-9-. The summed E-state index contributed by atoms with van der Waals surface area (Å²) in [6.07, 6.45) is 1.41. The number of halogens is 2. The van der Waals surface area contributed by atoms with Crippen molar-refractivity contribution in [2.45, 2.75) is 0 Å². The highest BCUT2D eigenvalue weighted by molar-refractivity contribution is 6.32. The summed E-state index contributed by atoms with van der Waals surface area (Å²) in [5.74, 6) is 1.01. The van der Waals surface area contributed by atoms with Gasteiger partial charge in [-0.1, -0.05) is 28.4 Å². The van der Waals surface area contributed by atoms with Gasteiger partial charge < -0.3 is 24.4 Å². The number of anilines is 1. The van der Waals surface area contributed by atoms with E-state index < -0.39 is 5.91 Å². The number of nitrogens with one attached hydrogen (secondary N) is 1. The monoisotopic (exact) mass is 412 g/mol. The number of nitrogens with zero attached hydrogens (tertiary/aromatic N) is 1. The fourth-order valence-electron chi connectivity index (χ4n) is 2.15. The summed E-state index contributed by atoms with van der Waals surface area (Å²) in [7, 11) is 4.51. The summed E-state index contributed by atoms with van der Waals surface area (Å²) in [6.45, 7) is -0.277. The van der Waals surface area contributed by atoms with Crippen molar-refractivity contribution in [1.82, 2.24) is 0 Å². The Hall–Kier alpha value is -2.64. The average molecular weight is 413 g/mol. The second kappa shape index (κ2) is 9.89. The first-order chi connectivity index (χ1) is 13.0. The third-order valence-corrected chi connectivity index (χ3v) is 3.94. The van der Waals surface area contributed by atoms with Crippen LogP contribution >= 0.6 is 23.2 Å². The summed E-state index contributed by atoms with van der Waals surface area (Å²) in [4.78, 5) is 16.9. The average Bonchev–Trinajstić information content (AvgIpc) is 2.65. The van der Waals surface area contributed by atoms with Gasteiger partial charge in [-0.2, -0.15) is 0 Å². The third kappa shape index (κ3) is 5.67. The van der Waals surface area contributed by atoms with E-state index in [0.717, 1.165) is 0 Å². The van der Waals surface area contributed by atoms with Crippen molar-refractivity contribution in [1.29, 1.82) is 0 Å². The van der Waals surface area contributed by atoms with Gasteiger partial charge in [-0.3, -0.25) is 4.79 Å². The smallest absolute Gasteiger partial charge is 0.265 e. The summed E-state index contributed by atoms with van der Waals surface area (Å²) in [5.41, 5.74) is 1.14. The van der Waals surface area contributed by atoms with Gasteiger partial charge in [0.2, 0.25) is 0 Å². The maximum atomic E-state index is 11.9. The Morgan fingerprint density at radius 3 is 2.41 bits per heavy atom. The van der Waals surface area contributed by atoms with Crippen molar-refractivity contribution in [3.05, 3.63) is 45.9 Å². The SMILES string of the molecule is COc1ccc(NC(=O)CO/N=C\c2cc(Cl)c(OC)c(OC)c2)cc1Cl. The quantitative estimate of drug-likeness (QED) is 0.523. The van der Waals surface area contributed by atoms with Gasteiger partial charge in [0.15, 0.2) is 18.1 Å². The molecule has 0 bridgehead atoms. The van der Waals surface area contributed by atoms with Gasteiger partial charge in [0, 0.05) is 11.3 Å². The van der Waals surface area contributed by atoms with E-state index in [4.69, 9.17) is 42.3 Å². The van der Waals surface area contributed by atoms with Crippen molar-refractivity contribution in [3.8, 4) is 17.2 Å². The number of carbonyl (C=O) groups is 1. The van der Waals surface area contributed by atoms with Crippen molar-refractivity contribution in [2.75, 3.05) is 33.3 Å². The molecule has 27 heavy (non-hydrogen) atoms. The Morgan fingerprint density at radius 2 is 1.78 bits per heavy atom. The molecule has 1 amide bonds. The summed E-state index contributed by atoms with van der Waals surface area (Å²) >= 11 is 12.1. The molecule has 0 unspecified atom stereocenters. The molecule has 0 heterocycles. The number of oxime groups is 1. The van der Waals surface area contributed by atoms with E-state index in [2.05, 4.69) is 10.5 Å². The Labute approximate surface area is 166 Å². The predicted octanol–water partition coefficient (Wildman–Crippen LogP) is 4.01. The highest BCUT2D eigenvalue weighted by Crippen LogP contribution is 2.35. The van der Waals surface area contributed by atoms with Gasteiger partial charge in [0.05, 0.1) is 37.6 Å². The molecule has 144 valence electrons. The lowest BCUT2D eigenvalue weighted by atomic mass is 10.2. The van der Waals surface area contributed by atoms with Crippen molar-refractivity contribution < 1.29 is 23.8 Å². The van der Waals surface area contributed by atoms with Gasteiger partial charge >= 0.3 is 0 Å². The molecule has 7 nitrogen and oxygen atoms in total. The zero-order valence-electron chi connectivity index (χ0n) is 14.9. The van der Waals surface area contributed by atoms with Crippen LogP contribution in [0.15, 0.2) is 35.5 Å². The molecule has 0 atom stereocenters. The van der Waals surface area contributed by atoms with Crippen molar-refractivity contribution in [2.24, 2.45) is 5.16 Å². The molecule has 2 aromatic carbocycles. The Bertz CT molecular complexity index is 843. The summed E-state index contributed by atoms with van der Waals surface area (Å²) < 4.78 is 15.4. The van der Waals surface area contributed by atoms with Crippen LogP contribution in [0.2, 0.25) is 10.0 Å². The van der Waals surface area contributed by atoms with Crippen LogP contribution in [0.1, 0.15) is 5.56 Å². The second-order valence-electron chi connectivity index (χ2n) is 5.14. The predicted molar refractivity (Wildman–Crippen MR) is 105 cm³/mol.